The van der Waals surface area contributed by atoms with E-state index in [0.717, 1.165) is 16.5 Å². The largest absolute Gasteiger partial charge is 0.867 e. The van der Waals surface area contributed by atoms with Gasteiger partial charge in [0.05, 0.1) is 13.7 Å². The lowest BCUT2D eigenvalue weighted by Crippen LogP contribution is -2.40. The lowest BCUT2D eigenvalue weighted by atomic mass is 10.1. The van der Waals surface area contributed by atoms with E-state index < -0.39 is 0 Å². The summed E-state index contributed by atoms with van der Waals surface area (Å²) in [6.45, 7) is -0.144. The number of anilines is 1. The monoisotopic (exact) mass is 442 g/mol. The van der Waals surface area contributed by atoms with Gasteiger partial charge in [-0.1, -0.05) is 60.7 Å². The fourth-order valence-electron chi connectivity index (χ4n) is 3.49. The SMILES string of the molecule is COc1ccc(/C([O-])=C(/C(=S)Nc2cccc3ccccc23)[n+]2cccc(CO)c2)cc1. The molecule has 0 saturated heterocycles. The Bertz CT molecular complexity index is 1290. The highest BCUT2D eigenvalue weighted by Crippen LogP contribution is 2.25. The fraction of sp³-hybridized carbons (Fsp3) is 0.0769. The standard InChI is InChI=1S/C26H22N2O3S/c1-31-21-13-11-20(12-14-21)25(30)24(28-15-5-6-18(16-28)17-29)26(32)27-23-10-4-8-19-7-2-3-9-22(19)23/h2-16,29H,17H2,1H3,(H-,27,30,32). The average molecular weight is 443 g/mol. The zero-order valence-electron chi connectivity index (χ0n) is 17.5. The van der Waals surface area contributed by atoms with Crippen LogP contribution in [0, 0.1) is 0 Å². The number of fused-ring (bicyclic) bond motifs is 1. The smallest absolute Gasteiger partial charge is 0.238 e. The molecule has 2 N–H and O–H groups in total. The van der Waals surface area contributed by atoms with Crippen molar-refractivity contribution in [2.24, 2.45) is 0 Å². The van der Waals surface area contributed by atoms with Gasteiger partial charge in [-0.05, 0) is 41.0 Å². The Kier molecular flexibility index (Phi) is 6.44. The quantitative estimate of drug-likeness (QED) is 0.206. The molecule has 0 saturated carbocycles. The number of ether oxygens (including phenoxy) is 1. The van der Waals surface area contributed by atoms with Gasteiger partial charge in [-0.15, -0.1) is 0 Å². The van der Waals surface area contributed by atoms with Crippen LogP contribution in [0.25, 0.3) is 22.2 Å². The van der Waals surface area contributed by atoms with Crippen LogP contribution in [-0.2, 0) is 6.61 Å². The summed E-state index contributed by atoms with van der Waals surface area (Å²) in [5.41, 5.74) is 2.24. The number of methoxy groups -OCH3 is 1. The molecule has 6 heteroatoms. The summed E-state index contributed by atoms with van der Waals surface area (Å²) >= 11 is 5.73. The molecule has 160 valence electrons. The van der Waals surface area contributed by atoms with Gasteiger partial charge < -0.3 is 20.3 Å². The number of hydrogen-bond acceptors (Lipinski definition) is 4. The number of aromatic nitrogens is 1. The molecule has 1 heterocycles. The molecule has 0 spiro atoms. The Morgan fingerprint density at radius 2 is 1.75 bits per heavy atom. The van der Waals surface area contributed by atoms with Gasteiger partial charge in [-0.3, -0.25) is 0 Å². The maximum absolute atomic E-state index is 13.6. The normalized spacial score (nSPS) is 11.7. The van der Waals surface area contributed by atoms with Gasteiger partial charge in [0, 0.05) is 22.7 Å². The molecule has 0 aliphatic heterocycles. The van der Waals surface area contributed by atoms with Crippen molar-refractivity contribution in [3.8, 4) is 5.75 Å². The number of pyridine rings is 1. The van der Waals surface area contributed by atoms with Gasteiger partial charge in [-0.2, -0.15) is 4.57 Å². The van der Waals surface area contributed by atoms with Crippen LogP contribution in [0.5, 0.6) is 5.75 Å². The van der Waals surface area contributed by atoms with Crippen molar-refractivity contribution in [3.05, 3.63) is 102 Å². The van der Waals surface area contributed by atoms with E-state index in [1.807, 2.05) is 42.5 Å². The zero-order chi connectivity index (χ0) is 22.5. The zero-order valence-corrected chi connectivity index (χ0v) is 18.3. The predicted octanol–water partition coefficient (Wildman–Crippen LogP) is 3.75. The molecule has 3 aromatic carbocycles. The van der Waals surface area contributed by atoms with Gasteiger partial charge in [-0.25, -0.2) is 0 Å². The molecule has 0 fully saturated rings. The minimum absolute atomic E-state index is 0.144. The second-order valence-corrected chi connectivity index (χ2v) is 7.57. The first-order valence-corrected chi connectivity index (χ1v) is 10.5. The highest BCUT2D eigenvalue weighted by Gasteiger charge is 2.20. The molecule has 0 amide bonds. The van der Waals surface area contributed by atoms with Gasteiger partial charge in [0.1, 0.15) is 5.75 Å². The van der Waals surface area contributed by atoms with Gasteiger partial charge in [0.2, 0.25) is 5.70 Å². The third-order valence-corrected chi connectivity index (χ3v) is 5.42. The van der Waals surface area contributed by atoms with Crippen molar-refractivity contribution < 1.29 is 19.5 Å². The van der Waals surface area contributed by atoms with E-state index in [9.17, 15) is 10.2 Å². The third kappa shape index (κ3) is 4.46. The maximum Gasteiger partial charge on any atom is 0.238 e. The van der Waals surface area contributed by atoms with Crippen LogP contribution >= 0.6 is 12.2 Å². The molecule has 1 aromatic heterocycles. The van der Waals surface area contributed by atoms with Crippen LogP contribution in [0.1, 0.15) is 11.1 Å². The van der Waals surface area contributed by atoms with Crippen molar-refractivity contribution in [3.63, 3.8) is 0 Å². The molecule has 0 unspecified atom stereocenters. The molecule has 0 bridgehead atoms. The van der Waals surface area contributed by atoms with Crippen molar-refractivity contribution in [1.29, 1.82) is 0 Å². The number of rotatable bonds is 6. The van der Waals surface area contributed by atoms with E-state index >= 15 is 0 Å². The lowest BCUT2D eigenvalue weighted by Gasteiger charge is -2.18. The van der Waals surface area contributed by atoms with Crippen molar-refractivity contribution in [1.82, 2.24) is 0 Å². The number of hydrogen-bond donors (Lipinski definition) is 2. The first kappa shape index (κ1) is 21.5. The number of aliphatic hydroxyl groups is 1. The Balaban J connectivity index is 1.81. The number of thiocarbonyl (C=S) groups is 1. The highest BCUT2D eigenvalue weighted by atomic mass is 32.1. The molecule has 0 aliphatic carbocycles. The molecular formula is C26H22N2O3S. The molecule has 32 heavy (non-hydrogen) atoms. The van der Waals surface area contributed by atoms with Gasteiger partial charge >= 0.3 is 0 Å². The third-order valence-electron chi connectivity index (χ3n) is 5.12. The number of nitrogens with one attached hydrogen (secondary N) is 1. The average Bonchev–Trinajstić information content (AvgIpc) is 2.84. The fourth-order valence-corrected chi connectivity index (χ4v) is 3.80. The number of benzene rings is 3. The predicted molar refractivity (Wildman–Crippen MR) is 129 cm³/mol. The van der Waals surface area contributed by atoms with Crippen LogP contribution in [0.3, 0.4) is 0 Å². The highest BCUT2D eigenvalue weighted by molar-refractivity contribution is 7.81. The summed E-state index contributed by atoms with van der Waals surface area (Å²) in [6, 6.07) is 24.3. The molecule has 0 atom stereocenters. The lowest BCUT2D eigenvalue weighted by molar-refractivity contribution is -0.578. The van der Waals surface area contributed by atoms with E-state index in [-0.39, 0.29) is 23.1 Å². The van der Waals surface area contributed by atoms with Crippen molar-refractivity contribution in [2.45, 2.75) is 6.61 Å². The summed E-state index contributed by atoms with van der Waals surface area (Å²) in [6.07, 6.45) is 3.45. The van der Waals surface area contributed by atoms with Crippen molar-refractivity contribution in [2.75, 3.05) is 12.4 Å². The first-order valence-electron chi connectivity index (χ1n) is 10.1. The molecule has 0 radical (unpaired) electrons. The summed E-state index contributed by atoms with van der Waals surface area (Å²) in [5, 5.41) is 28.5. The Morgan fingerprint density at radius 3 is 2.50 bits per heavy atom. The molecule has 0 aliphatic rings. The minimum atomic E-state index is -0.245. The Hall–Kier alpha value is -3.74. The summed E-state index contributed by atoms with van der Waals surface area (Å²) in [5.74, 6) is 0.417. The van der Waals surface area contributed by atoms with Crippen LogP contribution < -0.4 is 19.7 Å². The van der Waals surface area contributed by atoms with E-state index in [2.05, 4.69) is 5.32 Å². The topological polar surface area (TPSA) is 68.4 Å². The first-order chi connectivity index (χ1) is 15.6. The van der Waals surface area contributed by atoms with E-state index in [4.69, 9.17) is 17.0 Å². The van der Waals surface area contributed by atoms with Crippen LogP contribution in [0.2, 0.25) is 0 Å². The number of nitrogens with zero attached hydrogens (tertiary/aromatic N) is 1. The van der Waals surface area contributed by atoms with E-state index in [0.29, 0.717) is 16.9 Å². The Labute approximate surface area is 191 Å². The molecular weight excluding hydrogens is 420 g/mol. The van der Waals surface area contributed by atoms with Crippen LogP contribution in [0.15, 0.2) is 91.3 Å². The second kappa shape index (κ2) is 9.60. The molecule has 5 nitrogen and oxygen atoms in total. The summed E-state index contributed by atoms with van der Waals surface area (Å²) in [7, 11) is 1.58. The summed E-state index contributed by atoms with van der Waals surface area (Å²) in [4.78, 5) is 0.280. The molecule has 4 aromatic rings. The van der Waals surface area contributed by atoms with Crippen molar-refractivity contribution >= 4 is 45.1 Å². The van der Waals surface area contributed by atoms with Gasteiger partial charge in [0.15, 0.2) is 17.4 Å². The minimum Gasteiger partial charge on any atom is -0.867 e. The second-order valence-electron chi connectivity index (χ2n) is 7.16. The maximum atomic E-state index is 13.6. The van der Waals surface area contributed by atoms with Crippen LogP contribution in [0.4, 0.5) is 5.69 Å². The van der Waals surface area contributed by atoms with Crippen LogP contribution in [-0.4, -0.2) is 17.2 Å². The van der Waals surface area contributed by atoms with E-state index in [1.165, 1.54) is 0 Å². The van der Waals surface area contributed by atoms with E-state index in [1.54, 1.807) is 60.5 Å². The Morgan fingerprint density at radius 1 is 1.00 bits per heavy atom. The number of aliphatic hydroxyl groups excluding tert-OH is 1. The summed E-state index contributed by atoms with van der Waals surface area (Å²) < 4.78 is 6.85. The van der Waals surface area contributed by atoms with Gasteiger partial charge in [0.25, 0.3) is 0 Å². The molecule has 4 rings (SSSR count).